The zero-order valence-electron chi connectivity index (χ0n) is 11.3. The van der Waals surface area contributed by atoms with Crippen LogP contribution < -0.4 is 10.1 Å². The number of rotatable bonds is 5. The maximum atomic E-state index is 13.2. The van der Waals surface area contributed by atoms with Crippen molar-refractivity contribution in [1.29, 1.82) is 0 Å². The molecule has 0 fully saturated rings. The van der Waals surface area contributed by atoms with E-state index in [0.717, 1.165) is 10.5 Å². The van der Waals surface area contributed by atoms with Crippen molar-refractivity contribution in [1.82, 2.24) is 0 Å². The molecule has 0 heterocycles. The fourth-order valence-electron chi connectivity index (χ4n) is 1.92. The van der Waals surface area contributed by atoms with E-state index in [9.17, 15) is 9.50 Å². The van der Waals surface area contributed by atoms with E-state index in [1.807, 2.05) is 6.92 Å². The fraction of sp³-hybridized carbons (Fsp3) is 0.200. The summed E-state index contributed by atoms with van der Waals surface area (Å²) in [7, 11) is 0. The van der Waals surface area contributed by atoms with Gasteiger partial charge in [-0.3, -0.25) is 0 Å². The van der Waals surface area contributed by atoms with Gasteiger partial charge >= 0.3 is 0 Å². The molecule has 6 heteroatoms. The van der Waals surface area contributed by atoms with E-state index in [-0.39, 0.29) is 5.75 Å². The van der Waals surface area contributed by atoms with E-state index in [4.69, 9.17) is 16.3 Å². The number of phenols is 1. The highest BCUT2D eigenvalue weighted by atomic mass is 79.9. The van der Waals surface area contributed by atoms with Crippen molar-refractivity contribution in [2.45, 2.75) is 13.5 Å². The lowest BCUT2D eigenvalue weighted by molar-refractivity contribution is 0.339. The van der Waals surface area contributed by atoms with E-state index in [0.29, 0.717) is 35.2 Å². The SMILES string of the molecule is CCOc1c(Br)cc(Cl)cc1NCc1cc(O)cc(F)c1. The summed E-state index contributed by atoms with van der Waals surface area (Å²) in [4.78, 5) is 0. The molecule has 2 aromatic carbocycles. The van der Waals surface area contributed by atoms with Gasteiger partial charge in [-0.15, -0.1) is 0 Å². The Labute approximate surface area is 135 Å². The van der Waals surface area contributed by atoms with E-state index in [1.54, 1.807) is 12.1 Å². The van der Waals surface area contributed by atoms with Gasteiger partial charge in [-0.1, -0.05) is 11.6 Å². The molecular formula is C15H14BrClFNO2. The lowest BCUT2D eigenvalue weighted by atomic mass is 10.2. The molecule has 2 rings (SSSR count). The van der Waals surface area contributed by atoms with Gasteiger partial charge in [0.2, 0.25) is 0 Å². The number of phenolic OH excluding ortho intramolecular Hbond substituents is 1. The van der Waals surface area contributed by atoms with Crippen LogP contribution in [-0.4, -0.2) is 11.7 Å². The summed E-state index contributed by atoms with van der Waals surface area (Å²) < 4.78 is 19.5. The van der Waals surface area contributed by atoms with Crippen LogP contribution in [0.3, 0.4) is 0 Å². The summed E-state index contributed by atoms with van der Waals surface area (Å²) in [5, 5.41) is 13.1. The Balaban J connectivity index is 2.22. The highest BCUT2D eigenvalue weighted by molar-refractivity contribution is 9.10. The highest BCUT2D eigenvalue weighted by Crippen LogP contribution is 2.37. The van der Waals surface area contributed by atoms with Crippen LogP contribution in [0.25, 0.3) is 0 Å². The van der Waals surface area contributed by atoms with Crippen LogP contribution in [0.4, 0.5) is 10.1 Å². The first kappa shape index (κ1) is 15.9. The average molecular weight is 375 g/mol. The first-order chi connectivity index (χ1) is 9.99. The lowest BCUT2D eigenvalue weighted by Gasteiger charge is -2.15. The summed E-state index contributed by atoms with van der Waals surface area (Å²) in [5.41, 5.74) is 1.31. The van der Waals surface area contributed by atoms with Gasteiger partial charge in [0.1, 0.15) is 11.6 Å². The van der Waals surface area contributed by atoms with Crippen LogP contribution in [-0.2, 0) is 6.54 Å². The van der Waals surface area contributed by atoms with Crippen LogP contribution in [0.5, 0.6) is 11.5 Å². The number of anilines is 1. The topological polar surface area (TPSA) is 41.5 Å². The average Bonchev–Trinajstić information content (AvgIpc) is 2.38. The fourth-order valence-corrected chi connectivity index (χ4v) is 2.84. The molecule has 0 amide bonds. The predicted molar refractivity (Wildman–Crippen MR) is 85.7 cm³/mol. The first-order valence-corrected chi connectivity index (χ1v) is 7.51. The number of nitrogens with one attached hydrogen (secondary N) is 1. The van der Waals surface area contributed by atoms with Crippen molar-refractivity contribution in [2.75, 3.05) is 11.9 Å². The molecule has 0 aliphatic carbocycles. The van der Waals surface area contributed by atoms with Crippen LogP contribution in [0.1, 0.15) is 12.5 Å². The molecule has 0 spiro atoms. The lowest BCUT2D eigenvalue weighted by Crippen LogP contribution is -2.03. The van der Waals surface area contributed by atoms with E-state index < -0.39 is 5.82 Å². The number of hydrogen-bond acceptors (Lipinski definition) is 3. The van der Waals surface area contributed by atoms with Gasteiger partial charge in [0.15, 0.2) is 5.75 Å². The van der Waals surface area contributed by atoms with Gasteiger partial charge in [0.05, 0.1) is 16.8 Å². The number of hydrogen-bond donors (Lipinski definition) is 2. The van der Waals surface area contributed by atoms with Gasteiger partial charge in [-0.25, -0.2) is 4.39 Å². The van der Waals surface area contributed by atoms with Crippen molar-refractivity contribution in [3.8, 4) is 11.5 Å². The summed E-state index contributed by atoms with van der Waals surface area (Å²) in [6.07, 6.45) is 0. The van der Waals surface area contributed by atoms with Gasteiger partial charge in [-0.2, -0.15) is 0 Å². The molecular weight excluding hydrogens is 361 g/mol. The Morgan fingerprint density at radius 2 is 2.05 bits per heavy atom. The van der Waals surface area contributed by atoms with E-state index in [1.165, 1.54) is 12.1 Å². The van der Waals surface area contributed by atoms with Crippen molar-refractivity contribution in [2.24, 2.45) is 0 Å². The smallest absolute Gasteiger partial charge is 0.156 e. The van der Waals surface area contributed by atoms with Crippen LogP contribution in [0.15, 0.2) is 34.8 Å². The number of ether oxygens (including phenoxy) is 1. The molecule has 0 unspecified atom stereocenters. The van der Waals surface area contributed by atoms with Crippen molar-refractivity contribution < 1.29 is 14.2 Å². The third-order valence-corrected chi connectivity index (χ3v) is 3.53. The quantitative estimate of drug-likeness (QED) is 0.777. The van der Waals surface area contributed by atoms with Crippen LogP contribution in [0, 0.1) is 5.82 Å². The second kappa shape index (κ2) is 7.00. The Kier molecular flexibility index (Phi) is 5.31. The summed E-state index contributed by atoms with van der Waals surface area (Å²) >= 11 is 9.43. The van der Waals surface area contributed by atoms with E-state index in [2.05, 4.69) is 21.2 Å². The Bertz CT molecular complexity index is 632. The number of halogens is 3. The van der Waals surface area contributed by atoms with Crippen molar-refractivity contribution in [3.05, 3.63) is 51.2 Å². The third kappa shape index (κ3) is 4.25. The summed E-state index contributed by atoms with van der Waals surface area (Å²) in [5.74, 6) is 0.0516. The minimum atomic E-state index is -0.482. The van der Waals surface area contributed by atoms with Gasteiger partial charge in [-0.05, 0) is 52.7 Å². The molecule has 0 bridgehead atoms. The molecule has 0 aliphatic rings. The molecule has 0 atom stereocenters. The molecule has 0 saturated heterocycles. The monoisotopic (exact) mass is 373 g/mol. The van der Waals surface area contributed by atoms with Crippen molar-refractivity contribution in [3.63, 3.8) is 0 Å². The molecule has 0 radical (unpaired) electrons. The van der Waals surface area contributed by atoms with Gasteiger partial charge in [0, 0.05) is 17.6 Å². The molecule has 2 N–H and O–H groups in total. The van der Waals surface area contributed by atoms with Gasteiger partial charge in [0.25, 0.3) is 0 Å². The van der Waals surface area contributed by atoms with Gasteiger partial charge < -0.3 is 15.2 Å². The van der Waals surface area contributed by atoms with Crippen molar-refractivity contribution >= 4 is 33.2 Å². The van der Waals surface area contributed by atoms with Crippen LogP contribution in [0.2, 0.25) is 5.02 Å². The molecule has 3 nitrogen and oxygen atoms in total. The molecule has 0 aliphatic heterocycles. The maximum Gasteiger partial charge on any atom is 0.156 e. The maximum absolute atomic E-state index is 13.2. The Morgan fingerprint density at radius 1 is 1.29 bits per heavy atom. The molecule has 2 aromatic rings. The second-order valence-electron chi connectivity index (χ2n) is 4.37. The van der Waals surface area contributed by atoms with Crippen LogP contribution >= 0.6 is 27.5 Å². The zero-order chi connectivity index (χ0) is 15.4. The normalized spacial score (nSPS) is 10.5. The molecule has 112 valence electrons. The third-order valence-electron chi connectivity index (χ3n) is 2.72. The Hall–Kier alpha value is -1.46. The second-order valence-corrected chi connectivity index (χ2v) is 5.66. The molecule has 21 heavy (non-hydrogen) atoms. The molecule has 0 saturated carbocycles. The minimum Gasteiger partial charge on any atom is -0.508 e. The zero-order valence-corrected chi connectivity index (χ0v) is 13.6. The predicted octanol–water partition coefficient (Wildman–Crippen LogP) is 4.96. The summed E-state index contributed by atoms with van der Waals surface area (Å²) in [6.45, 7) is 2.73. The standard InChI is InChI=1S/C15H14BrClFNO2/c1-2-21-15-13(16)5-10(17)6-14(15)19-8-9-3-11(18)7-12(20)4-9/h3-7,19-20H,2,8H2,1H3. The number of benzene rings is 2. The largest absolute Gasteiger partial charge is 0.508 e. The van der Waals surface area contributed by atoms with E-state index >= 15 is 0 Å². The first-order valence-electron chi connectivity index (χ1n) is 6.33. The highest BCUT2D eigenvalue weighted by Gasteiger charge is 2.10. The minimum absolute atomic E-state index is 0.107. The molecule has 0 aromatic heterocycles. The number of aromatic hydroxyl groups is 1. The summed E-state index contributed by atoms with van der Waals surface area (Å²) in [6, 6.07) is 7.38. The Morgan fingerprint density at radius 3 is 2.71 bits per heavy atom.